The number of carbonyl (C=O) groups excluding carboxylic acids is 1. The number of benzene rings is 1. The number of ether oxygens (including phenoxy) is 1. The van der Waals surface area contributed by atoms with E-state index in [1.54, 1.807) is 0 Å². The SMILES string of the molecule is C[C@@H](NC(=O)[C@H]1C[C@H]2CC[C@H]1O2)c1nc2ccc(Cl)cc2[nH]1. The number of hydrogen-bond acceptors (Lipinski definition) is 3. The van der Waals surface area contributed by atoms with Crippen LogP contribution in [0.5, 0.6) is 0 Å². The first-order chi connectivity index (χ1) is 10.6. The number of imidazole rings is 1. The Morgan fingerprint density at radius 1 is 1.50 bits per heavy atom. The molecule has 2 bridgehead atoms. The molecule has 3 heterocycles. The molecule has 0 saturated carbocycles. The van der Waals surface area contributed by atoms with Crippen molar-refractivity contribution < 1.29 is 9.53 Å². The van der Waals surface area contributed by atoms with E-state index < -0.39 is 0 Å². The molecular weight excluding hydrogens is 302 g/mol. The van der Waals surface area contributed by atoms with Gasteiger partial charge in [0.2, 0.25) is 5.91 Å². The molecule has 4 rings (SSSR count). The zero-order chi connectivity index (χ0) is 15.3. The Labute approximate surface area is 133 Å². The van der Waals surface area contributed by atoms with E-state index in [1.807, 2.05) is 25.1 Å². The molecule has 0 unspecified atom stereocenters. The van der Waals surface area contributed by atoms with E-state index in [9.17, 15) is 4.79 Å². The molecular formula is C16H18ClN3O2. The average molecular weight is 320 g/mol. The van der Waals surface area contributed by atoms with Crippen molar-refractivity contribution in [3.05, 3.63) is 29.0 Å². The highest BCUT2D eigenvalue weighted by atomic mass is 35.5. The topological polar surface area (TPSA) is 67.0 Å². The number of rotatable bonds is 3. The summed E-state index contributed by atoms with van der Waals surface area (Å²) >= 11 is 5.98. The zero-order valence-electron chi connectivity index (χ0n) is 12.3. The minimum absolute atomic E-state index is 0.0139. The molecule has 2 saturated heterocycles. The largest absolute Gasteiger partial charge is 0.374 e. The van der Waals surface area contributed by atoms with E-state index in [-0.39, 0.29) is 30.1 Å². The summed E-state index contributed by atoms with van der Waals surface area (Å²) in [6.07, 6.45) is 3.32. The number of hydrogen-bond donors (Lipinski definition) is 2. The molecule has 1 aromatic carbocycles. The molecule has 2 aliphatic rings. The lowest BCUT2D eigenvalue weighted by atomic mass is 9.88. The highest BCUT2D eigenvalue weighted by molar-refractivity contribution is 6.31. The Bertz CT molecular complexity index is 729. The summed E-state index contributed by atoms with van der Waals surface area (Å²) in [5.74, 6) is 0.799. The molecule has 6 heteroatoms. The highest BCUT2D eigenvalue weighted by Gasteiger charge is 2.44. The van der Waals surface area contributed by atoms with Crippen LogP contribution in [0.3, 0.4) is 0 Å². The van der Waals surface area contributed by atoms with Crippen LogP contribution < -0.4 is 5.32 Å². The maximum absolute atomic E-state index is 12.4. The molecule has 2 aliphatic heterocycles. The van der Waals surface area contributed by atoms with Crippen LogP contribution in [0.1, 0.15) is 38.1 Å². The van der Waals surface area contributed by atoms with Gasteiger partial charge in [-0.25, -0.2) is 4.98 Å². The summed E-state index contributed by atoms with van der Waals surface area (Å²) < 4.78 is 5.76. The second-order valence-corrected chi connectivity index (χ2v) is 6.67. The minimum Gasteiger partial charge on any atom is -0.374 e. The van der Waals surface area contributed by atoms with Crippen molar-refractivity contribution in [1.82, 2.24) is 15.3 Å². The van der Waals surface area contributed by atoms with Crippen molar-refractivity contribution in [1.29, 1.82) is 0 Å². The minimum atomic E-state index is -0.169. The van der Waals surface area contributed by atoms with Gasteiger partial charge in [0, 0.05) is 5.02 Å². The average Bonchev–Trinajstić information content (AvgIpc) is 3.20. The number of amides is 1. The van der Waals surface area contributed by atoms with Crippen molar-refractivity contribution >= 4 is 28.5 Å². The standard InChI is InChI=1S/C16H18ClN3O2/c1-8(15-19-12-4-2-9(17)6-13(12)20-15)18-16(21)11-7-10-3-5-14(11)22-10/h2,4,6,8,10-11,14H,3,5,7H2,1H3,(H,18,21)(H,19,20)/t8-,10-,11+,14-/m1/s1. The number of aromatic nitrogens is 2. The van der Waals surface area contributed by atoms with E-state index in [4.69, 9.17) is 16.3 Å². The van der Waals surface area contributed by atoms with Gasteiger partial charge in [-0.1, -0.05) is 11.6 Å². The van der Waals surface area contributed by atoms with Crippen LogP contribution in [0, 0.1) is 5.92 Å². The van der Waals surface area contributed by atoms with Crippen molar-refractivity contribution in [2.75, 3.05) is 0 Å². The number of carbonyl (C=O) groups is 1. The monoisotopic (exact) mass is 319 g/mol. The maximum Gasteiger partial charge on any atom is 0.226 e. The van der Waals surface area contributed by atoms with E-state index in [2.05, 4.69) is 15.3 Å². The molecule has 2 N–H and O–H groups in total. The van der Waals surface area contributed by atoms with Crippen LogP contribution in [-0.4, -0.2) is 28.1 Å². The van der Waals surface area contributed by atoms with E-state index in [0.717, 1.165) is 36.1 Å². The predicted molar refractivity (Wildman–Crippen MR) is 83.7 cm³/mol. The first-order valence-corrected chi connectivity index (χ1v) is 8.09. The fourth-order valence-corrected chi connectivity index (χ4v) is 3.68. The van der Waals surface area contributed by atoms with Gasteiger partial charge in [0.15, 0.2) is 0 Å². The maximum atomic E-state index is 12.4. The molecule has 0 radical (unpaired) electrons. The number of halogens is 1. The van der Waals surface area contributed by atoms with Gasteiger partial charge in [-0.2, -0.15) is 0 Å². The van der Waals surface area contributed by atoms with Crippen molar-refractivity contribution in [2.24, 2.45) is 5.92 Å². The molecule has 0 spiro atoms. The summed E-state index contributed by atoms with van der Waals surface area (Å²) in [5, 5.41) is 3.72. The summed E-state index contributed by atoms with van der Waals surface area (Å²) in [6, 6.07) is 5.35. The van der Waals surface area contributed by atoms with Gasteiger partial charge in [-0.3, -0.25) is 4.79 Å². The zero-order valence-corrected chi connectivity index (χ0v) is 13.1. The molecule has 1 aromatic heterocycles. The molecule has 22 heavy (non-hydrogen) atoms. The summed E-state index contributed by atoms with van der Waals surface area (Å²) in [5.41, 5.74) is 1.73. The van der Waals surface area contributed by atoms with E-state index in [1.165, 1.54) is 0 Å². The Morgan fingerprint density at radius 3 is 3.09 bits per heavy atom. The lowest BCUT2D eigenvalue weighted by molar-refractivity contribution is -0.127. The Morgan fingerprint density at radius 2 is 2.36 bits per heavy atom. The Hall–Kier alpha value is -1.59. The van der Waals surface area contributed by atoms with Gasteiger partial charge < -0.3 is 15.0 Å². The lowest BCUT2D eigenvalue weighted by Crippen LogP contribution is -2.37. The summed E-state index contributed by atoms with van der Waals surface area (Å²) in [7, 11) is 0. The smallest absolute Gasteiger partial charge is 0.226 e. The molecule has 2 aromatic rings. The third-order valence-electron chi connectivity index (χ3n) is 4.67. The van der Waals surface area contributed by atoms with Gasteiger partial charge in [0.25, 0.3) is 0 Å². The van der Waals surface area contributed by atoms with Gasteiger partial charge in [0.05, 0.1) is 35.2 Å². The quantitative estimate of drug-likeness (QED) is 0.914. The fourth-order valence-electron chi connectivity index (χ4n) is 3.51. The van der Waals surface area contributed by atoms with Crippen molar-refractivity contribution in [2.45, 2.75) is 44.4 Å². The van der Waals surface area contributed by atoms with Gasteiger partial charge in [0.1, 0.15) is 5.82 Å². The van der Waals surface area contributed by atoms with Crippen LogP contribution in [0.25, 0.3) is 11.0 Å². The first-order valence-electron chi connectivity index (χ1n) is 7.71. The second kappa shape index (κ2) is 5.25. The molecule has 0 aliphatic carbocycles. The number of nitrogens with zero attached hydrogens (tertiary/aromatic N) is 1. The van der Waals surface area contributed by atoms with Crippen molar-refractivity contribution in [3.63, 3.8) is 0 Å². The first kappa shape index (κ1) is 14.0. The van der Waals surface area contributed by atoms with Crippen LogP contribution in [0.2, 0.25) is 5.02 Å². The van der Waals surface area contributed by atoms with Gasteiger partial charge in [-0.15, -0.1) is 0 Å². The molecule has 116 valence electrons. The normalized spacial score (nSPS) is 28.2. The number of aromatic amines is 1. The number of nitrogens with one attached hydrogen (secondary N) is 2. The van der Waals surface area contributed by atoms with Crippen LogP contribution in [0.15, 0.2) is 18.2 Å². The number of H-pyrrole nitrogens is 1. The van der Waals surface area contributed by atoms with Gasteiger partial charge >= 0.3 is 0 Å². The van der Waals surface area contributed by atoms with E-state index in [0.29, 0.717) is 5.02 Å². The second-order valence-electron chi connectivity index (χ2n) is 6.23. The van der Waals surface area contributed by atoms with Gasteiger partial charge in [-0.05, 0) is 44.4 Å². The Kier molecular flexibility index (Phi) is 3.35. The Balaban J connectivity index is 1.48. The third kappa shape index (κ3) is 2.38. The molecule has 2 fully saturated rings. The highest BCUT2D eigenvalue weighted by Crippen LogP contribution is 2.39. The predicted octanol–water partition coefficient (Wildman–Crippen LogP) is 2.96. The lowest BCUT2D eigenvalue weighted by Gasteiger charge is -2.20. The third-order valence-corrected chi connectivity index (χ3v) is 4.91. The van der Waals surface area contributed by atoms with Crippen LogP contribution in [0.4, 0.5) is 0 Å². The van der Waals surface area contributed by atoms with Crippen molar-refractivity contribution in [3.8, 4) is 0 Å². The molecule has 5 nitrogen and oxygen atoms in total. The molecule has 1 amide bonds. The summed E-state index contributed by atoms with van der Waals surface area (Å²) in [6.45, 7) is 1.94. The van der Waals surface area contributed by atoms with Crippen LogP contribution in [-0.2, 0) is 9.53 Å². The van der Waals surface area contributed by atoms with E-state index >= 15 is 0 Å². The van der Waals surface area contributed by atoms with Crippen LogP contribution >= 0.6 is 11.6 Å². The summed E-state index contributed by atoms with van der Waals surface area (Å²) in [4.78, 5) is 20.2. The molecule has 4 atom stereocenters. The number of fused-ring (bicyclic) bond motifs is 3. The fraction of sp³-hybridized carbons (Fsp3) is 0.500.